The summed E-state index contributed by atoms with van der Waals surface area (Å²) in [5, 5.41) is 12.5. The highest BCUT2D eigenvalue weighted by atomic mass is 16.7. The second kappa shape index (κ2) is 7.66. The molecule has 40 heavy (non-hydrogen) atoms. The van der Waals surface area contributed by atoms with Crippen LogP contribution in [-0.2, 0) is 33.3 Å². The number of aliphatic hydroxyl groups is 1. The van der Waals surface area contributed by atoms with Crippen LogP contribution in [0.15, 0.2) is 35.2 Å². The number of carbonyl (C=O) groups excluding carboxylic acids is 3. The van der Waals surface area contributed by atoms with Crippen LogP contribution < -0.4 is 0 Å². The minimum Gasteiger partial charge on any atom is -0.472 e. The molecule has 0 bridgehead atoms. The fraction of sp³-hybridized carbons (Fsp3) is 0.710. The second-order valence-electron chi connectivity index (χ2n) is 14.2. The van der Waals surface area contributed by atoms with Gasteiger partial charge in [0.1, 0.15) is 29.3 Å². The van der Waals surface area contributed by atoms with Crippen molar-refractivity contribution in [2.75, 3.05) is 6.61 Å². The van der Waals surface area contributed by atoms with Gasteiger partial charge < -0.3 is 28.5 Å². The fourth-order valence-electron chi connectivity index (χ4n) is 10.4. The van der Waals surface area contributed by atoms with Crippen LogP contribution in [0.25, 0.3) is 0 Å². The Morgan fingerprint density at radius 1 is 1.18 bits per heavy atom. The van der Waals surface area contributed by atoms with Crippen molar-refractivity contribution in [1.82, 2.24) is 0 Å². The van der Waals surface area contributed by atoms with Crippen LogP contribution in [0.1, 0.15) is 72.5 Å². The number of allylic oxidation sites excluding steroid dienone is 1. The monoisotopic (exact) mass is 554 g/mol. The van der Waals surface area contributed by atoms with Crippen molar-refractivity contribution in [3.05, 3.63) is 36.3 Å². The number of furan rings is 1. The number of aliphatic hydroxyl groups excluding tert-OH is 1. The van der Waals surface area contributed by atoms with E-state index in [1.54, 1.807) is 24.7 Å². The molecule has 1 aromatic rings. The largest absolute Gasteiger partial charge is 0.472 e. The number of hydrogen-bond donors (Lipinski definition) is 1. The molecule has 0 aromatic carbocycles. The molecule has 9 nitrogen and oxygen atoms in total. The van der Waals surface area contributed by atoms with Crippen molar-refractivity contribution >= 4 is 17.7 Å². The van der Waals surface area contributed by atoms with E-state index in [9.17, 15) is 19.5 Å². The van der Waals surface area contributed by atoms with Gasteiger partial charge in [-0.3, -0.25) is 9.59 Å². The average molecular weight is 555 g/mol. The smallest absolute Gasteiger partial charge is 0.339 e. The van der Waals surface area contributed by atoms with E-state index in [0.717, 1.165) is 5.56 Å². The van der Waals surface area contributed by atoms with Crippen LogP contribution in [0.2, 0.25) is 0 Å². The summed E-state index contributed by atoms with van der Waals surface area (Å²) in [6.45, 7) is 11.8. The van der Waals surface area contributed by atoms with Gasteiger partial charge in [0.25, 0.3) is 0 Å². The Kier molecular flexibility index (Phi) is 5.06. The predicted molar refractivity (Wildman–Crippen MR) is 138 cm³/mol. The number of cyclic esters (lactones) is 1. The molecule has 9 heteroatoms. The first-order valence-corrected chi connectivity index (χ1v) is 14.4. The Morgan fingerprint density at radius 2 is 1.93 bits per heavy atom. The topological polar surface area (TPSA) is 125 Å². The van der Waals surface area contributed by atoms with Gasteiger partial charge in [0.2, 0.25) is 0 Å². The van der Waals surface area contributed by atoms with Crippen molar-refractivity contribution in [1.29, 1.82) is 0 Å². The zero-order valence-electron chi connectivity index (χ0n) is 23.9. The molecule has 3 aliphatic heterocycles. The lowest BCUT2D eigenvalue weighted by molar-refractivity contribution is -0.288. The minimum atomic E-state index is -1.39. The van der Waals surface area contributed by atoms with Gasteiger partial charge in [0, 0.05) is 28.2 Å². The van der Waals surface area contributed by atoms with Gasteiger partial charge >= 0.3 is 11.9 Å². The molecule has 10 atom stereocenters. The lowest BCUT2D eigenvalue weighted by Gasteiger charge is -2.69. The van der Waals surface area contributed by atoms with Crippen molar-refractivity contribution in [3.8, 4) is 0 Å². The predicted octanol–water partition coefficient (Wildman–Crippen LogP) is 3.69. The third-order valence-corrected chi connectivity index (χ3v) is 11.9. The Hall–Kier alpha value is -2.49. The first-order valence-electron chi connectivity index (χ1n) is 14.4. The summed E-state index contributed by atoms with van der Waals surface area (Å²) in [6, 6.07) is 1.79. The number of hydrogen-bond acceptors (Lipinski definition) is 9. The third-order valence-electron chi connectivity index (χ3n) is 11.9. The summed E-state index contributed by atoms with van der Waals surface area (Å²) in [6.07, 6.45) is 3.98. The van der Waals surface area contributed by atoms with Gasteiger partial charge in [-0.15, -0.1) is 0 Å². The molecular weight excluding hydrogens is 516 g/mol. The van der Waals surface area contributed by atoms with E-state index in [0.29, 0.717) is 12.8 Å². The summed E-state index contributed by atoms with van der Waals surface area (Å²) in [5.74, 6) is -1.41. The van der Waals surface area contributed by atoms with E-state index in [1.165, 1.54) is 0 Å². The minimum absolute atomic E-state index is 0.0324. The highest BCUT2D eigenvalue weighted by Gasteiger charge is 2.93. The first-order chi connectivity index (χ1) is 18.7. The number of epoxide rings is 1. The first kappa shape index (κ1) is 26.4. The second-order valence-corrected chi connectivity index (χ2v) is 14.2. The quantitative estimate of drug-likeness (QED) is 0.438. The molecule has 1 N–H and O–H groups in total. The summed E-state index contributed by atoms with van der Waals surface area (Å²) >= 11 is 0. The Morgan fingerprint density at radius 3 is 2.60 bits per heavy atom. The Balaban J connectivity index is 1.46. The maximum Gasteiger partial charge on any atom is 0.339 e. The van der Waals surface area contributed by atoms with Gasteiger partial charge in [-0.05, 0) is 50.7 Å². The summed E-state index contributed by atoms with van der Waals surface area (Å²) < 4.78 is 30.6. The number of carbonyl (C=O) groups is 3. The third kappa shape index (κ3) is 2.56. The summed E-state index contributed by atoms with van der Waals surface area (Å²) in [7, 11) is 0. The van der Waals surface area contributed by atoms with Crippen molar-refractivity contribution in [3.63, 3.8) is 0 Å². The molecule has 0 amide bonds. The molecule has 6 aliphatic rings. The summed E-state index contributed by atoms with van der Waals surface area (Å²) in [5.41, 5.74) is -5.39. The standard InChI is InChI=1S/C31H38O9/c1-16(2)13-20(33)38-23-21(34)30-19(32)8-11-29(30,15-37-26(30,3)4)18-7-10-27(5)22(17-9-12-36-14-17)39-25(35)24-31(27,40-24)28(18,23)6/h8-9,11-12,14,16,18,21-24,34H,7,10,13,15H2,1-6H3/t18?,21-,22-,23+,24+,27-,28-,29-,30-,31+/m1/s1. The molecule has 7 rings (SSSR count). The molecule has 3 aliphatic carbocycles. The highest BCUT2D eigenvalue weighted by molar-refractivity contribution is 6.01. The van der Waals surface area contributed by atoms with E-state index in [4.69, 9.17) is 23.4 Å². The van der Waals surface area contributed by atoms with Crippen LogP contribution in [0.3, 0.4) is 0 Å². The maximum absolute atomic E-state index is 13.9. The van der Waals surface area contributed by atoms with Gasteiger partial charge in [-0.2, -0.15) is 0 Å². The molecule has 4 heterocycles. The number of rotatable bonds is 4. The molecule has 216 valence electrons. The summed E-state index contributed by atoms with van der Waals surface area (Å²) in [4.78, 5) is 40.8. The molecular formula is C31H38O9. The van der Waals surface area contributed by atoms with Gasteiger partial charge in [0.05, 0.1) is 24.7 Å². The number of fused-ring (bicyclic) bond motifs is 1. The van der Waals surface area contributed by atoms with Crippen molar-refractivity contribution in [2.24, 2.45) is 33.5 Å². The van der Waals surface area contributed by atoms with Crippen LogP contribution in [0.4, 0.5) is 0 Å². The van der Waals surface area contributed by atoms with Crippen molar-refractivity contribution in [2.45, 2.75) is 96.4 Å². The van der Waals surface area contributed by atoms with E-state index < -0.39 is 69.2 Å². The fourth-order valence-corrected chi connectivity index (χ4v) is 10.4. The van der Waals surface area contributed by atoms with Crippen LogP contribution in [-0.4, -0.2) is 58.9 Å². The normalized spacial score (nSPS) is 49.5. The lowest BCUT2D eigenvalue weighted by Crippen LogP contribution is -2.79. The molecule has 1 spiro atoms. The Bertz CT molecular complexity index is 1330. The van der Waals surface area contributed by atoms with Crippen LogP contribution in [0.5, 0.6) is 0 Å². The maximum atomic E-state index is 13.9. The molecule has 2 saturated carbocycles. The highest BCUT2D eigenvalue weighted by Crippen LogP contribution is 2.82. The van der Waals surface area contributed by atoms with Crippen LogP contribution in [0, 0.1) is 33.5 Å². The zero-order chi connectivity index (χ0) is 28.7. The molecule has 0 radical (unpaired) electrons. The van der Waals surface area contributed by atoms with Gasteiger partial charge in [0.15, 0.2) is 11.9 Å². The zero-order valence-corrected chi connectivity index (χ0v) is 23.9. The number of ether oxygens (including phenoxy) is 4. The Labute approximate surface area is 233 Å². The van der Waals surface area contributed by atoms with E-state index in [2.05, 4.69) is 6.92 Å². The van der Waals surface area contributed by atoms with E-state index in [-0.39, 0.29) is 30.6 Å². The van der Waals surface area contributed by atoms with Crippen molar-refractivity contribution < 1.29 is 42.9 Å². The molecule has 1 unspecified atom stereocenters. The lowest BCUT2D eigenvalue weighted by atomic mass is 9.34. The number of esters is 2. The molecule has 1 aromatic heterocycles. The average Bonchev–Trinajstić information content (AvgIpc) is 3.17. The van der Waals surface area contributed by atoms with Gasteiger partial charge in [-0.1, -0.05) is 33.8 Å². The van der Waals surface area contributed by atoms with Gasteiger partial charge in [-0.25, -0.2) is 4.79 Å². The number of ketones is 1. The van der Waals surface area contributed by atoms with E-state index in [1.807, 2.05) is 40.7 Å². The van der Waals surface area contributed by atoms with E-state index >= 15 is 0 Å². The molecule has 3 saturated heterocycles. The van der Waals surface area contributed by atoms with Crippen LogP contribution >= 0.6 is 0 Å². The molecule has 5 fully saturated rings. The SMILES string of the molecule is CC(C)CC(=O)O[C@H]1[C@@H](O)[C@@]23C(=O)C=C[C@@]2(COC3(C)C)C2CC[C@]3(C)[C@@H](c4ccoc4)OC(=O)[C@@H]4O[C@@]43[C@]21C.